The zero-order valence-corrected chi connectivity index (χ0v) is 9.84. The molecule has 15 heavy (non-hydrogen) atoms. The molecule has 0 saturated carbocycles. The fourth-order valence-corrected chi connectivity index (χ4v) is 1.48. The Morgan fingerprint density at radius 1 is 1.33 bits per heavy atom. The molecule has 0 saturated heterocycles. The molecule has 4 heteroatoms. The van der Waals surface area contributed by atoms with Gasteiger partial charge < -0.3 is 9.47 Å². The molecule has 1 aromatic rings. The maximum Gasteiger partial charge on any atom is 0.346 e. The first-order valence-electron chi connectivity index (χ1n) is 4.56. The monoisotopic (exact) mass is 226 g/mol. The number of methoxy groups -OCH3 is 1. The quantitative estimate of drug-likeness (QED) is 0.583. The second-order valence-corrected chi connectivity index (χ2v) is 3.84. The van der Waals surface area contributed by atoms with Gasteiger partial charge in [-0.2, -0.15) is 0 Å². The van der Waals surface area contributed by atoms with Crippen molar-refractivity contribution in [1.82, 2.24) is 0 Å². The third kappa shape index (κ3) is 3.47. The van der Waals surface area contributed by atoms with E-state index in [2.05, 4.69) is 4.74 Å². The SMILES string of the molecule is COC(=O)C(C)Oc1ccc(SC)cc1. The van der Waals surface area contributed by atoms with Gasteiger partial charge in [0.1, 0.15) is 5.75 Å². The topological polar surface area (TPSA) is 35.5 Å². The van der Waals surface area contributed by atoms with Crippen LogP contribution in [0, 0.1) is 0 Å². The fourth-order valence-electron chi connectivity index (χ4n) is 1.07. The van der Waals surface area contributed by atoms with Crippen LogP contribution in [0.2, 0.25) is 0 Å². The number of esters is 1. The lowest BCUT2D eigenvalue weighted by Crippen LogP contribution is -2.24. The molecule has 1 aromatic carbocycles. The minimum Gasteiger partial charge on any atom is -0.479 e. The second kappa shape index (κ2) is 5.66. The zero-order chi connectivity index (χ0) is 11.3. The van der Waals surface area contributed by atoms with Crippen molar-refractivity contribution >= 4 is 17.7 Å². The van der Waals surface area contributed by atoms with E-state index in [1.807, 2.05) is 30.5 Å². The summed E-state index contributed by atoms with van der Waals surface area (Å²) in [6.45, 7) is 1.66. The number of rotatable bonds is 4. The van der Waals surface area contributed by atoms with E-state index >= 15 is 0 Å². The maximum atomic E-state index is 11.1. The third-order valence-electron chi connectivity index (χ3n) is 1.91. The molecule has 0 aliphatic carbocycles. The van der Waals surface area contributed by atoms with E-state index in [1.165, 1.54) is 7.11 Å². The van der Waals surface area contributed by atoms with Crippen molar-refractivity contribution in [3.8, 4) is 5.75 Å². The van der Waals surface area contributed by atoms with E-state index < -0.39 is 6.10 Å². The normalized spacial score (nSPS) is 11.9. The Morgan fingerprint density at radius 3 is 2.40 bits per heavy atom. The molecule has 0 heterocycles. The highest BCUT2D eigenvalue weighted by Crippen LogP contribution is 2.19. The van der Waals surface area contributed by atoms with Gasteiger partial charge in [0.25, 0.3) is 0 Å². The van der Waals surface area contributed by atoms with Gasteiger partial charge in [0, 0.05) is 4.90 Å². The second-order valence-electron chi connectivity index (χ2n) is 2.96. The van der Waals surface area contributed by atoms with E-state index in [9.17, 15) is 4.79 Å². The molecule has 0 spiro atoms. The van der Waals surface area contributed by atoms with Crippen LogP contribution in [0.15, 0.2) is 29.2 Å². The summed E-state index contributed by atoms with van der Waals surface area (Å²) in [5.41, 5.74) is 0. The predicted octanol–water partition coefficient (Wildman–Crippen LogP) is 2.35. The average molecular weight is 226 g/mol. The molecule has 0 bridgehead atoms. The highest BCUT2D eigenvalue weighted by molar-refractivity contribution is 7.98. The lowest BCUT2D eigenvalue weighted by atomic mass is 10.3. The number of ether oxygens (including phenoxy) is 2. The number of hydrogen-bond donors (Lipinski definition) is 0. The van der Waals surface area contributed by atoms with Crippen molar-refractivity contribution in [3.63, 3.8) is 0 Å². The van der Waals surface area contributed by atoms with Gasteiger partial charge in [-0.3, -0.25) is 0 Å². The Bertz CT molecular complexity index is 321. The number of thioether (sulfide) groups is 1. The summed E-state index contributed by atoms with van der Waals surface area (Å²) in [7, 11) is 1.35. The van der Waals surface area contributed by atoms with Gasteiger partial charge in [0.15, 0.2) is 6.10 Å². The van der Waals surface area contributed by atoms with Crippen LogP contribution >= 0.6 is 11.8 Å². The van der Waals surface area contributed by atoms with E-state index in [0.717, 1.165) is 4.90 Å². The molecule has 82 valence electrons. The van der Waals surface area contributed by atoms with Crippen LogP contribution in [0.1, 0.15) is 6.92 Å². The Labute approximate surface area is 93.8 Å². The molecule has 3 nitrogen and oxygen atoms in total. The van der Waals surface area contributed by atoms with Crippen molar-refractivity contribution in [2.75, 3.05) is 13.4 Å². The molecular formula is C11H14O3S. The Kier molecular flexibility index (Phi) is 4.49. The Morgan fingerprint density at radius 2 is 1.93 bits per heavy atom. The minimum absolute atomic E-state index is 0.371. The molecular weight excluding hydrogens is 212 g/mol. The van der Waals surface area contributed by atoms with Crippen LogP contribution < -0.4 is 4.74 Å². The van der Waals surface area contributed by atoms with Crippen molar-refractivity contribution < 1.29 is 14.3 Å². The molecule has 0 amide bonds. The number of carbonyl (C=O) groups is 1. The molecule has 1 atom stereocenters. The van der Waals surface area contributed by atoms with Crippen LogP contribution in [0.25, 0.3) is 0 Å². The van der Waals surface area contributed by atoms with Gasteiger partial charge in [-0.25, -0.2) is 4.79 Å². The number of carbonyl (C=O) groups excluding carboxylic acids is 1. The van der Waals surface area contributed by atoms with Gasteiger partial charge >= 0.3 is 5.97 Å². The molecule has 0 N–H and O–H groups in total. The summed E-state index contributed by atoms with van der Waals surface area (Å²) in [5.74, 6) is 0.301. The van der Waals surface area contributed by atoms with Gasteiger partial charge in [-0.1, -0.05) is 0 Å². The Balaban J connectivity index is 2.60. The van der Waals surface area contributed by atoms with Gasteiger partial charge in [-0.05, 0) is 37.4 Å². The highest BCUT2D eigenvalue weighted by atomic mass is 32.2. The summed E-state index contributed by atoms with van der Waals surface area (Å²) < 4.78 is 9.94. The lowest BCUT2D eigenvalue weighted by molar-refractivity contribution is -0.147. The maximum absolute atomic E-state index is 11.1. The first-order valence-corrected chi connectivity index (χ1v) is 5.78. The fraction of sp³-hybridized carbons (Fsp3) is 0.364. The van der Waals surface area contributed by atoms with E-state index in [0.29, 0.717) is 5.75 Å². The van der Waals surface area contributed by atoms with Crippen LogP contribution in [0.3, 0.4) is 0 Å². The first kappa shape index (κ1) is 11.9. The van der Waals surface area contributed by atoms with Crippen molar-refractivity contribution in [1.29, 1.82) is 0 Å². The minimum atomic E-state index is -0.574. The smallest absolute Gasteiger partial charge is 0.346 e. The van der Waals surface area contributed by atoms with Crippen molar-refractivity contribution in [2.24, 2.45) is 0 Å². The largest absolute Gasteiger partial charge is 0.479 e. The molecule has 0 fully saturated rings. The van der Waals surface area contributed by atoms with E-state index in [4.69, 9.17) is 4.74 Å². The third-order valence-corrected chi connectivity index (χ3v) is 2.65. The summed E-state index contributed by atoms with van der Waals surface area (Å²) in [5, 5.41) is 0. The average Bonchev–Trinajstić information content (AvgIpc) is 2.29. The summed E-state index contributed by atoms with van der Waals surface area (Å²) in [6.07, 6.45) is 1.43. The molecule has 1 unspecified atom stereocenters. The summed E-state index contributed by atoms with van der Waals surface area (Å²) >= 11 is 1.66. The Hall–Kier alpha value is -1.16. The van der Waals surface area contributed by atoms with Crippen LogP contribution in [-0.2, 0) is 9.53 Å². The van der Waals surface area contributed by atoms with Gasteiger partial charge in [0.05, 0.1) is 7.11 Å². The predicted molar refractivity (Wildman–Crippen MR) is 60.3 cm³/mol. The van der Waals surface area contributed by atoms with Crippen LogP contribution in [-0.4, -0.2) is 25.4 Å². The molecule has 0 aromatic heterocycles. The highest BCUT2D eigenvalue weighted by Gasteiger charge is 2.14. The first-order chi connectivity index (χ1) is 7.17. The lowest BCUT2D eigenvalue weighted by Gasteiger charge is -2.12. The van der Waals surface area contributed by atoms with Gasteiger partial charge in [0.2, 0.25) is 0 Å². The molecule has 0 aliphatic rings. The van der Waals surface area contributed by atoms with E-state index in [1.54, 1.807) is 18.7 Å². The van der Waals surface area contributed by atoms with Crippen LogP contribution in [0.4, 0.5) is 0 Å². The van der Waals surface area contributed by atoms with Crippen LogP contribution in [0.5, 0.6) is 5.75 Å². The number of hydrogen-bond acceptors (Lipinski definition) is 4. The summed E-state index contributed by atoms with van der Waals surface area (Å²) in [6, 6.07) is 7.57. The molecule has 0 radical (unpaired) electrons. The van der Waals surface area contributed by atoms with Crippen molar-refractivity contribution in [2.45, 2.75) is 17.9 Å². The van der Waals surface area contributed by atoms with E-state index in [-0.39, 0.29) is 5.97 Å². The molecule has 1 rings (SSSR count). The standard InChI is InChI=1S/C11H14O3S/c1-8(11(12)13-2)14-9-4-6-10(15-3)7-5-9/h4-8H,1-3H3. The summed E-state index contributed by atoms with van der Waals surface area (Å²) in [4.78, 5) is 12.2. The van der Waals surface area contributed by atoms with Crippen molar-refractivity contribution in [3.05, 3.63) is 24.3 Å². The van der Waals surface area contributed by atoms with Gasteiger partial charge in [-0.15, -0.1) is 11.8 Å². The molecule has 0 aliphatic heterocycles. The number of benzene rings is 1. The zero-order valence-electron chi connectivity index (χ0n) is 9.02.